The number of fused-ring (bicyclic) bond motifs is 1. The fourth-order valence-corrected chi connectivity index (χ4v) is 6.01. The number of carbonyl (C=O) groups is 1. The summed E-state index contributed by atoms with van der Waals surface area (Å²) in [5.41, 5.74) is 4.51. The summed E-state index contributed by atoms with van der Waals surface area (Å²) < 4.78 is 19.7. The van der Waals surface area contributed by atoms with Gasteiger partial charge in [0.05, 0.1) is 16.8 Å². The Morgan fingerprint density at radius 3 is 2.26 bits per heavy atom. The zero-order chi connectivity index (χ0) is 27.7. The van der Waals surface area contributed by atoms with Gasteiger partial charge in [0.25, 0.3) is 5.91 Å². The lowest BCUT2D eigenvalue weighted by Gasteiger charge is -2.37. The number of nitrogens with zero attached hydrogens (tertiary/aromatic N) is 1. The third kappa shape index (κ3) is 5.15. The molecule has 0 N–H and O–H groups in total. The second-order valence-electron chi connectivity index (χ2n) is 13.7. The van der Waals surface area contributed by atoms with Crippen LogP contribution in [0.25, 0.3) is 0 Å². The second kappa shape index (κ2) is 9.33. The van der Waals surface area contributed by atoms with Crippen molar-refractivity contribution >= 4 is 33.9 Å². The van der Waals surface area contributed by atoms with Crippen LogP contribution in [0.15, 0.2) is 36.4 Å². The molecule has 2 aromatic carbocycles. The summed E-state index contributed by atoms with van der Waals surface area (Å²) in [4.78, 5) is 15.9. The number of benzene rings is 2. The van der Waals surface area contributed by atoms with Crippen molar-refractivity contribution in [1.29, 1.82) is 0 Å². The van der Waals surface area contributed by atoms with Crippen LogP contribution in [0.3, 0.4) is 0 Å². The lowest BCUT2D eigenvalue weighted by Crippen LogP contribution is -2.46. The molecule has 202 valence electrons. The lowest BCUT2D eigenvalue weighted by molar-refractivity contribution is 0.00578. The zero-order valence-electron chi connectivity index (χ0n) is 24.5. The topological polar surface area (TPSA) is 48.0 Å². The van der Waals surface area contributed by atoms with Gasteiger partial charge in [-0.05, 0) is 100 Å². The fourth-order valence-electron chi connectivity index (χ4n) is 5.35. The van der Waals surface area contributed by atoms with Crippen molar-refractivity contribution < 1.29 is 18.5 Å². The monoisotopic (exact) mass is 531 g/mol. The summed E-state index contributed by atoms with van der Waals surface area (Å²) in [6.07, 6.45) is 3.36. The van der Waals surface area contributed by atoms with Gasteiger partial charge in [0.2, 0.25) is 9.76 Å². The number of hydrogen-bond acceptors (Lipinski definition) is 4. The van der Waals surface area contributed by atoms with Crippen LogP contribution >= 0.6 is 0 Å². The van der Waals surface area contributed by atoms with Crippen molar-refractivity contribution in [2.75, 3.05) is 11.4 Å². The van der Waals surface area contributed by atoms with Crippen molar-refractivity contribution in [2.24, 2.45) is 0 Å². The van der Waals surface area contributed by atoms with E-state index in [1.54, 1.807) is 0 Å². The fraction of sp³-hybridized carbons (Fsp3) is 0.581. The van der Waals surface area contributed by atoms with Gasteiger partial charge in [-0.15, -0.1) is 0 Å². The summed E-state index contributed by atoms with van der Waals surface area (Å²) in [5, 5.41) is 0.0237. The number of rotatable bonds is 6. The van der Waals surface area contributed by atoms with Gasteiger partial charge in [0.15, 0.2) is 0 Å². The van der Waals surface area contributed by atoms with Crippen LogP contribution < -0.4 is 10.4 Å². The Bertz CT molecular complexity index is 1230. The minimum atomic E-state index is -0.669. The molecule has 2 fully saturated rings. The molecule has 0 unspecified atom stereocenters. The van der Waals surface area contributed by atoms with Crippen LogP contribution in [0.1, 0.15) is 108 Å². The van der Waals surface area contributed by atoms with Crippen LogP contribution in [0.5, 0.6) is 0 Å². The van der Waals surface area contributed by atoms with Crippen molar-refractivity contribution in [3.8, 4) is 0 Å². The largest absolute Gasteiger partial charge is 0.495 e. The van der Waals surface area contributed by atoms with Crippen LogP contribution in [0, 0.1) is 0 Å². The van der Waals surface area contributed by atoms with E-state index >= 15 is 0 Å². The maximum absolute atomic E-state index is 14.0. The van der Waals surface area contributed by atoms with Gasteiger partial charge in [-0.2, -0.15) is 0 Å². The maximum atomic E-state index is 14.0. The van der Waals surface area contributed by atoms with Gasteiger partial charge < -0.3 is 18.6 Å². The Balaban J connectivity index is 1.58. The summed E-state index contributed by atoms with van der Waals surface area (Å²) >= 11 is 0. The molecule has 0 aromatic heterocycles. The van der Waals surface area contributed by atoms with E-state index in [-0.39, 0.29) is 20.7 Å². The average molecular weight is 532 g/mol. The lowest BCUT2D eigenvalue weighted by atomic mass is 9.71. The van der Waals surface area contributed by atoms with Gasteiger partial charge in [0.1, 0.15) is 0 Å². The van der Waals surface area contributed by atoms with Crippen molar-refractivity contribution in [2.45, 2.75) is 109 Å². The SMILES string of the molecule is CC(C)(C)[Si]OC(C)(C)c1c(B2OC(C)(C)C(C)(C)O2)cccc1N1CCc2cc(C3CC3)ccc2C1=O. The molecular formula is C31H42BNO4Si. The molecule has 3 aliphatic rings. The minimum absolute atomic E-state index is 0.0237. The first-order chi connectivity index (χ1) is 17.6. The van der Waals surface area contributed by atoms with E-state index in [1.807, 2.05) is 17.0 Å². The van der Waals surface area contributed by atoms with Crippen LogP contribution in [0.2, 0.25) is 5.04 Å². The Labute approximate surface area is 231 Å². The molecule has 2 radical (unpaired) electrons. The standard InChI is InChI=1S/C31H42BNO4Si/c1-28(2,3)38-37-29(4,5)26-24(32-35-30(6,7)31(8,9)36-32)11-10-12-25(26)33-18-17-22-19-21(20-13-14-20)15-16-23(22)27(33)34/h10-12,15-16,19-20H,13-14,17-18H2,1-9H3. The third-order valence-electron chi connectivity index (χ3n) is 8.35. The van der Waals surface area contributed by atoms with Crippen LogP contribution in [-0.2, 0) is 25.8 Å². The number of hydrogen-bond donors (Lipinski definition) is 0. The van der Waals surface area contributed by atoms with E-state index in [0.29, 0.717) is 12.5 Å². The molecule has 1 saturated carbocycles. The van der Waals surface area contributed by atoms with Crippen molar-refractivity contribution in [3.05, 3.63) is 58.7 Å². The normalized spacial score (nSPS) is 21.1. The Kier molecular flexibility index (Phi) is 6.78. The van der Waals surface area contributed by atoms with Gasteiger partial charge in [-0.3, -0.25) is 4.79 Å². The van der Waals surface area contributed by atoms with E-state index in [1.165, 1.54) is 24.0 Å². The number of amides is 1. The van der Waals surface area contributed by atoms with E-state index in [0.717, 1.165) is 28.7 Å². The van der Waals surface area contributed by atoms with Gasteiger partial charge in [-0.1, -0.05) is 45.0 Å². The van der Waals surface area contributed by atoms with Gasteiger partial charge >= 0.3 is 7.12 Å². The first kappa shape index (κ1) is 27.6. The molecule has 0 bridgehead atoms. The highest BCUT2D eigenvalue weighted by Gasteiger charge is 2.53. The predicted molar refractivity (Wildman–Crippen MR) is 156 cm³/mol. The second-order valence-corrected chi connectivity index (χ2v) is 15.6. The highest BCUT2D eigenvalue weighted by molar-refractivity contribution is 6.63. The molecule has 2 aliphatic heterocycles. The smallest absolute Gasteiger partial charge is 0.408 e. The first-order valence-electron chi connectivity index (χ1n) is 14.0. The average Bonchev–Trinajstić information content (AvgIpc) is 3.64. The molecule has 38 heavy (non-hydrogen) atoms. The Morgan fingerprint density at radius 2 is 1.66 bits per heavy atom. The van der Waals surface area contributed by atoms with Crippen molar-refractivity contribution in [1.82, 2.24) is 0 Å². The maximum Gasteiger partial charge on any atom is 0.495 e. The molecule has 5 rings (SSSR count). The molecule has 2 aromatic rings. The van der Waals surface area contributed by atoms with Gasteiger partial charge in [-0.25, -0.2) is 0 Å². The van der Waals surface area contributed by atoms with Crippen molar-refractivity contribution in [3.63, 3.8) is 0 Å². The zero-order valence-corrected chi connectivity index (χ0v) is 25.5. The van der Waals surface area contributed by atoms with Gasteiger partial charge in [0, 0.05) is 23.4 Å². The third-order valence-corrected chi connectivity index (χ3v) is 9.57. The number of carbonyl (C=O) groups excluding carboxylic acids is 1. The van der Waals surface area contributed by atoms with E-state index in [4.69, 9.17) is 13.7 Å². The Morgan fingerprint density at radius 1 is 1.00 bits per heavy atom. The molecule has 5 nitrogen and oxygen atoms in total. The first-order valence-corrected chi connectivity index (χ1v) is 14.9. The summed E-state index contributed by atoms with van der Waals surface area (Å²) in [6, 6.07) is 12.6. The molecule has 1 saturated heterocycles. The highest BCUT2D eigenvalue weighted by atomic mass is 28.2. The summed E-state index contributed by atoms with van der Waals surface area (Å²) in [7, 11) is -0.262. The van der Waals surface area contributed by atoms with E-state index in [2.05, 4.69) is 86.6 Å². The molecular weight excluding hydrogens is 489 g/mol. The molecule has 1 aliphatic carbocycles. The molecule has 1 amide bonds. The van der Waals surface area contributed by atoms with Crippen LogP contribution in [-0.4, -0.2) is 40.5 Å². The van der Waals surface area contributed by atoms with E-state index < -0.39 is 23.9 Å². The predicted octanol–water partition coefficient (Wildman–Crippen LogP) is 6.16. The molecule has 7 heteroatoms. The van der Waals surface area contributed by atoms with E-state index in [9.17, 15) is 4.79 Å². The quantitative estimate of drug-likeness (QED) is 0.419. The molecule has 2 heterocycles. The minimum Gasteiger partial charge on any atom is -0.408 e. The highest BCUT2D eigenvalue weighted by Crippen LogP contribution is 2.43. The van der Waals surface area contributed by atoms with Crippen LogP contribution in [0.4, 0.5) is 5.69 Å². The Hall–Kier alpha value is -1.93. The summed E-state index contributed by atoms with van der Waals surface area (Å²) in [5.74, 6) is 0.730. The molecule has 0 atom stereocenters. The summed E-state index contributed by atoms with van der Waals surface area (Å²) in [6.45, 7) is 19.7. The molecule has 0 spiro atoms. The number of anilines is 1.